The molecule has 0 unspecified atom stereocenters. The van der Waals surface area contributed by atoms with Crippen molar-refractivity contribution in [2.75, 3.05) is 44.2 Å². The largest absolute Gasteiger partial charge is 0.481 e. The topological polar surface area (TPSA) is 75.0 Å². The van der Waals surface area contributed by atoms with Crippen LogP contribution in [0.5, 0.6) is 5.75 Å². The Balaban J connectivity index is 1.57. The van der Waals surface area contributed by atoms with Crippen LogP contribution in [0.4, 0.5) is 5.69 Å². The minimum atomic E-state index is 0.0439. The van der Waals surface area contributed by atoms with Gasteiger partial charge < -0.3 is 19.9 Å². The van der Waals surface area contributed by atoms with Crippen molar-refractivity contribution in [3.8, 4) is 18.1 Å². The van der Waals surface area contributed by atoms with Crippen LogP contribution in [-0.2, 0) is 18.3 Å². The molecule has 0 bridgehead atoms. The van der Waals surface area contributed by atoms with Crippen molar-refractivity contribution in [2.45, 2.75) is 13.3 Å². The molecule has 8 heteroatoms. The molecule has 158 valence electrons. The number of carbonyl (C=O) groups is 1. The molecule has 30 heavy (non-hydrogen) atoms. The van der Waals surface area contributed by atoms with Crippen molar-refractivity contribution in [2.24, 2.45) is 12.0 Å². The fraction of sp³-hybridized carbons (Fsp3) is 0.409. The lowest BCUT2D eigenvalue weighted by Gasteiger charge is -2.35. The maximum Gasteiger partial charge on any atom is 0.246 e. The number of aliphatic imine (C=N–C) groups is 1. The van der Waals surface area contributed by atoms with Gasteiger partial charge in [-0.2, -0.15) is 5.10 Å². The van der Waals surface area contributed by atoms with Gasteiger partial charge >= 0.3 is 0 Å². The van der Waals surface area contributed by atoms with E-state index in [2.05, 4.69) is 16.3 Å². The number of hydrogen-bond donors (Lipinski definition) is 1. The van der Waals surface area contributed by atoms with E-state index in [1.807, 2.05) is 49.3 Å². The van der Waals surface area contributed by atoms with E-state index in [0.717, 1.165) is 30.4 Å². The predicted molar refractivity (Wildman–Crippen MR) is 118 cm³/mol. The van der Waals surface area contributed by atoms with E-state index in [1.54, 1.807) is 15.8 Å². The third-order valence-corrected chi connectivity index (χ3v) is 4.77. The molecule has 1 saturated heterocycles. The number of ether oxygens (including phenoxy) is 1. The Kier molecular flexibility index (Phi) is 7.33. The van der Waals surface area contributed by atoms with Crippen LogP contribution in [0.1, 0.15) is 12.5 Å². The first-order chi connectivity index (χ1) is 14.6. The molecule has 2 heterocycles. The number of nitrogens with zero attached hydrogens (tertiary/aromatic N) is 5. The van der Waals surface area contributed by atoms with Gasteiger partial charge in [-0.25, -0.2) is 0 Å². The highest BCUT2D eigenvalue weighted by molar-refractivity contribution is 5.98. The minimum absolute atomic E-state index is 0.0439. The van der Waals surface area contributed by atoms with Crippen LogP contribution >= 0.6 is 0 Å². The number of piperazine rings is 1. The summed E-state index contributed by atoms with van der Waals surface area (Å²) in [6, 6.07) is 7.87. The Hall–Kier alpha value is -3.47. The molecule has 3 rings (SSSR count). The second-order valence-corrected chi connectivity index (χ2v) is 6.96. The number of anilines is 1. The smallest absolute Gasteiger partial charge is 0.246 e. The van der Waals surface area contributed by atoms with E-state index in [4.69, 9.17) is 16.2 Å². The molecular formula is C22H28N6O2. The zero-order valence-electron chi connectivity index (χ0n) is 17.5. The van der Waals surface area contributed by atoms with Crippen LogP contribution in [0.3, 0.4) is 0 Å². The van der Waals surface area contributed by atoms with Gasteiger partial charge in [0.1, 0.15) is 18.9 Å². The molecule has 1 fully saturated rings. The maximum atomic E-state index is 12.7. The molecule has 0 saturated carbocycles. The van der Waals surface area contributed by atoms with Gasteiger partial charge in [-0.15, -0.1) is 6.42 Å². The number of benzene rings is 1. The molecule has 8 nitrogen and oxygen atoms in total. The maximum absolute atomic E-state index is 12.7. The van der Waals surface area contributed by atoms with E-state index in [-0.39, 0.29) is 12.5 Å². The van der Waals surface area contributed by atoms with Crippen LogP contribution in [0.25, 0.3) is 0 Å². The summed E-state index contributed by atoms with van der Waals surface area (Å²) in [4.78, 5) is 21.2. The summed E-state index contributed by atoms with van der Waals surface area (Å²) in [5, 5.41) is 7.46. The molecule has 0 atom stereocenters. The lowest BCUT2D eigenvalue weighted by molar-refractivity contribution is -0.120. The second-order valence-electron chi connectivity index (χ2n) is 6.96. The Morgan fingerprint density at radius 1 is 1.33 bits per heavy atom. The van der Waals surface area contributed by atoms with Gasteiger partial charge in [0.2, 0.25) is 5.91 Å². The molecule has 0 radical (unpaired) electrons. The Labute approximate surface area is 177 Å². The monoisotopic (exact) mass is 408 g/mol. The van der Waals surface area contributed by atoms with Gasteiger partial charge in [0, 0.05) is 39.4 Å². The lowest BCUT2D eigenvalue weighted by atomic mass is 10.1. The number of aryl methyl sites for hydroxylation is 1. The van der Waals surface area contributed by atoms with Gasteiger partial charge in [-0.1, -0.05) is 18.1 Å². The predicted octanol–water partition coefficient (Wildman–Crippen LogP) is 1.29. The fourth-order valence-electron chi connectivity index (χ4n) is 3.27. The molecule has 2 aromatic rings. The van der Waals surface area contributed by atoms with Gasteiger partial charge in [0.05, 0.1) is 11.9 Å². The highest BCUT2D eigenvalue weighted by Gasteiger charge is 2.27. The number of guanidine groups is 1. The Morgan fingerprint density at radius 2 is 2.13 bits per heavy atom. The van der Waals surface area contributed by atoms with Gasteiger partial charge in [0.25, 0.3) is 0 Å². The summed E-state index contributed by atoms with van der Waals surface area (Å²) in [7, 11) is 1.85. The summed E-state index contributed by atoms with van der Waals surface area (Å²) < 4.78 is 7.10. The Bertz CT molecular complexity index is 912. The summed E-state index contributed by atoms with van der Waals surface area (Å²) in [6.07, 6.45) is 9.58. The second kappa shape index (κ2) is 10.3. The summed E-state index contributed by atoms with van der Waals surface area (Å²) >= 11 is 0. The number of aromatic nitrogens is 2. The highest BCUT2D eigenvalue weighted by atomic mass is 16.5. The average molecular weight is 409 g/mol. The quantitative estimate of drug-likeness (QED) is 0.425. The van der Waals surface area contributed by atoms with Crippen LogP contribution < -0.4 is 15.0 Å². The van der Waals surface area contributed by atoms with Crippen molar-refractivity contribution in [3.63, 3.8) is 0 Å². The van der Waals surface area contributed by atoms with Gasteiger partial charge in [-0.05, 0) is 31.0 Å². The first kappa shape index (κ1) is 21.2. The van der Waals surface area contributed by atoms with Crippen LogP contribution in [0, 0.1) is 12.3 Å². The molecule has 1 aliphatic rings. The van der Waals surface area contributed by atoms with E-state index in [0.29, 0.717) is 26.2 Å². The summed E-state index contributed by atoms with van der Waals surface area (Å²) in [6.45, 7) is 5.28. The minimum Gasteiger partial charge on any atom is -0.481 e. The van der Waals surface area contributed by atoms with Crippen molar-refractivity contribution >= 4 is 17.6 Å². The molecule has 1 amide bonds. The highest BCUT2D eigenvalue weighted by Crippen LogP contribution is 2.16. The molecule has 1 aromatic heterocycles. The first-order valence-electron chi connectivity index (χ1n) is 10.1. The average Bonchev–Trinajstić information content (AvgIpc) is 3.18. The standard InChI is InChI=1S/C22H28N6O2/c1-4-14-30-20-8-6-18(7-9-20)10-11-24-22(23-5-2)27-12-13-28(21(29)17-27)19-15-25-26(3)16-19/h1,6-9,15-16H,5,10-14,17H2,2-3H3,(H,23,24). The van der Waals surface area contributed by atoms with E-state index in [9.17, 15) is 4.79 Å². The zero-order valence-corrected chi connectivity index (χ0v) is 17.5. The number of hydrogen-bond acceptors (Lipinski definition) is 4. The first-order valence-corrected chi connectivity index (χ1v) is 10.1. The van der Waals surface area contributed by atoms with E-state index < -0.39 is 0 Å². The van der Waals surface area contributed by atoms with Crippen molar-refractivity contribution in [1.29, 1.82) is 0 Å². The fourth-order valence-corrected chi connectivity index (χ4v) is 3.27. The summed E-state index contributed by atoms with van der Waals surface area (Å²) in [5.74, 6) is 4.03. The zero-order chi connectivity index (χ0) is 21.3. The van der Waals surface area contributed by atoms with Crippen molar-refractivity contribution in [1.82, 2.24) is 20.0 Å². The van der Waals surface area contributed by atoms with Gasteiger partial charge in [0.15, 0.2) is 5.96 Å². The SMILES string of the molecule is C#CCOc1ccc(CCN=C(NCC)N2CCN(c3cnn(C)c3)C(=O)C2)cc1. The number of terminal acetylenes is 1. The number of rotatable bonds is 7. The molecule has 0 spiro atoms. The van der Waals surface area contributed by atoms with E-state index in [1.165, 1.54) is 5.56 Å². The molecule has 1 N–H and O–H groups in total. The normalized spacial score (nSPS) is 14.6. The molecule has 1 aliphatic heterocycles. The van der Waals surface area contributed by atoms with Crippen LogP contribution in [0.15, 0.2) is 41.7 Å². The number of nitrogens with one attached hydrogen (secondary N) is 1. The van der Waals surface area contributed by atoms with Crippen molar-refractivity contribution in [3.05, 3.63) is 42.2 Å². The molecule has 1 aromatic carbocycles. The van der Waals surface area contributed by atoms with Crippen molar-refractivity contribution < 1.29 is 9.53 Å². The van der Waals surface area contributed by atoms with Gasteiger partial charge in [-0.3, -0.25) is 14.5 Å². The third-order valence-electron chi connectivity index (χ3n) is 4.77. The van der Waals surface area contributed by atoms with Crippen LogP contribution in [-0.4, -0.2) is 65.9 Å². The van der Waals surface area contributed by atoms with E-state index >= 15 is 0 Å². The van der Waals surface area contributed by atoms with Crippen LogP contribution in [0.2, 0.25) is 0 Å². The third kappa shape index (κ3) is 5.54. The lowest BCUT2D eigenvalue weighted by Crippen LogP contribution is -2.55. The summed E-state index contributed by atoms with van der Waals surface area (Å²) in [5.41, 5.74) is 2.00. The molecule has 0 aliphatic carbocycles. The molecular weight excluding hydrogens is 380 g/mol. The Morgan fingerprint density at radius 3 is 2.77 bits per heavy atom. The number of amides is 1. The number of carbonyl (C=O) groups excluding carboxylic acids is 1.